The highest BCUT2D eigenvalue weighted by atomic mass is 32.2. The molecule has 3 rings (SSSR count). The first-order valence-corrected chi connectivity index (χ1v) is 10.6. The molecule has 0 saturated carbocycles. The second-order valence-electron chi connectivity index (χ2n) is 6.17. The van der Waals surface area contributed by atoms with E-state index < -0.39 is 38.5 Å². The molecule has 0 aromatic heterocycles. The minimum atomic E-state index is -5.18. The zero-order chi connectivity index (χ0) is 22.9. The zero-order valence-electron chi connectivity index (χ0n) is 15.2. The van der Waals surface area contributed by atoms with Crippen LogP contribution in [0, 0.1) is 0 Å². The van der Waals surface area contributed by atoms with Crippen LogP contribution in [0.3, 0.4) is 0 Å². The second kappa shape index (κ2) is 9.45. The molecule has 0 N–H and O–H groups in total. The molecule has 0 bridgehead atoms. The van der Waals surface area contributed by atoms with Gasteiger partial charge in [-0.1, -0.05) is 37.4 Å². The molecule has 0 heterocycles. The fraction of sp³-hybridized carbons (Fsp3) is 0.143. The lowest BCUT2D eigenvalue weighted by Gasteiger charge is -2.14. The van der Waals surface area contributed by atoms with E-state index in [0.717, 1.165) is 9.79 Å². The van der Waals surface area contributed by atoms with Gasteiger partial charge in [-0.25, -0.2) is 0 Å². The Labute approximate surface area is 185 Å². The molecule has 3 nitrogen and oxygen atoms in total. The topological polar surface area (TPSA) is 43.4 Å². The third-order valence-corrected chi connectivity index (χ3v) is 6.10. The summed E-state index contributed by atoms with van der Waals surface area (Å²) < 4.78 is 107. The van der Waals surface area contributed by atoms with E-state index in [4.69, 9.17) is 4.18 Å². The van der Waals surface area contributed by atoms with E-state index in [0.29, 0.717) is 0 Å². The van der Waals surface area contributed by atoms with Crippen molar-refractivity contribution in [2.24, 2.45) is 0 Å². The molecular formula is C21H16F6O3S2. The SMILES string of the molecule is C.O=S(=O)(Oc1ccc(Sc2ccccc2)cc1)c1cc(C(F)(F)F)cc(C(F)(F)F)c1. The summed E-state index contributed by atoms with van der Waals surface area (Å²) in [5.74, 6) is -0.261. The Hall–Kier alpha value is -2.66. The third-order valence-electron chi connectivity index (χ3n) is 3.86. The van der Waals surface area contributed by atoms with E-state index in [1.54, 1.807) is 0 Å². The summed E-state index contributed by atoms with van der Waals surface area (Å²) in [6.07, 6.45) is -10.4. The number of benzene rings is 3. The average Bonchev–Trinajstić information content (AvgIpc) is 2.68. The highest BCUT2D eigenvalue weighted by molar-refractivity contribution is 7.99. The van der Waals surface area contributed by atoms with Crippen LogP contribution in [-0.4, -0.2) is 8.42 Å². The van der Waals surface area contributed by atoms with Gasteiger partial charge in [-0.3, -0.25) is 0 Å². The van der Waals surface area contributed by atoms with Gasteiger partial charge < -0.3 is 4.18 Å². The maximum absolute atomic E-state index is 13.0. The monoisotopic (exact) mass is 494 g/mol. The Bertz CT molecular complexity index is 1120. The molecule has 0 aliphatic carbocycles. The highest BCUT2D eigenvalue weighted by Gasteiger charge is 2.38. The summed E-state index contributed by atoms with van der Waals surface area (Å²) >= 11 is 1.37. The number of halogens is 6. The summed E-state index contributed by atoms with van der Waals surface area (Å²) in [6, 6.07) is 14.8. The Balaban J connectivity index is 0.00000363. The van der Waals surface area contributed by atoms with Crippen LogP contribution in [0.5, 0.6) is 5.75 Å². The van der Waals surface area contributed by atoms with Crippen LogP contribution in [-0.2, 0) is 22.5 Å². The average molecular weight is 494 g/mol. The van der Waals surface area contributed by atoms with Gasteiger partial charge in [0, 0.05) is 9.79 Å². The fourth-order valence-electron chi connectivity index (χ4n) is 2.43. The first kappa shape index (κ1) is 25.6. The quantitative estimate of drug-likeness (QED) is 0.276. The molecule has 0 unspecified atom stereocenters. The van der Waals surface area contributed by atoms with E-state index in [2.05, 4.69) is 0 Å². The summed E-state index contributed by atoms with van der Waals surface area (Å²) in [5.41, 5.74) is -3.50. The van der Waals surface area contributed by atoms with Crippen molar-refractivity contribution in [2.75, 3.05) is 0 Å². The lowest BCUT2D eigenvalue weighted by atomic mass is 10.1. The van der Waals surface area contributed by atoms with Crippen molar-refractivity contribution < 1.29 is 38.9 Å². The van der Waals surface area contributed by atoms with Gasteiger partial charge >= 0.3 is 22.5 Å². The molecule has 0 atom stereocenters. The number of alkyl halides is 6. The van der Waals surface area contributed by atoms with Crippen LogP contribution in [0.25, 0.3) is 0 Å². The van der Waals surface area contributed by atoms with Crippen molar-refractivity contribution in [1.82, 2.24) is 0 Å². The molecule has 0 aliphatic rings. The first-order valence-electron chi connectivity index (χ1n) is 8.41. The van der Waals surface area contributed by atoms with E-state index in [-0.39, 0.29) is 31.4 Å². The lowest BCUT2D eigenvalue weighted by Crippen LogP contribution is -2.16. The summed E-state index contributed by atoms with van der Waals surface area (Å²) in [6.45, 7) is 0. The van der Waals surface area contributed by atoms with Crippen LogP contribution >= 0.6 is 11.8 Å². The van der Waals surface area contributed by atoms with E-state index in [1.165, 1.54) is 36.0 Å². The van der Waals surface area contributed by atoms with Crippen molar-refractivity contribution in [3.63, 3.8) is 0 Å². The predicted octanol–water partition coefficient (Wildman–Crippen LogP) is 7.28. The number of hydrogen-bond acceptors (Lipinski definition) is 4. The van der Waals surface area contributed by atoms with Crippen molar-refractivity contribution in [1.29, 1.82) is 0 Å². The largest absolute Gasteiger partial charge is 0.416 e. The van der Waals surface area contributed by atoms with Crippen molar-refractivity contribution in [3.05, 3.63) is 83.9 Å². The normalized spacial score (nSPS) is 12.2. The number of hydrogen-bond donors (Lipinski definition) is 0. The van der Waals surface area contributed by atoms with Gasteiger partial charge in [-0.2, -0.15) is 34.8 Å². The first-order chi connectivity index (χ1) is 14.3. The second-order valence-corrected chi connectivity index (χ2v) is 8.86. The maximum atomic E-state index is 13.0. The molecule has 11 heteroatoms. The molecule has 172 valence electrons. The molecule has 32 heavy (non-hydrogen) atoms. The fourth-order valence-corrected chi connectivity index (χ4v) is 4.27. The van der Waals surface area contributed by atoms with Crippen LogP contribution in [0.1, 0.15) is 18.6 Å². The van der Waals surface area contributed by atoms with Crippen LogP contribution in [0.15, 0.2) is 87.5 Å². The number of rotatable bonds is 5. The van der Waals surface area contributed by atoms with Gasteiger partial charge in [0.05, 0.1) is 11.1 Å². The van der Waals surface area contributed by atoms with Gasteiger partial charge in [-0.15, -0.1) is 0 Å². The molecule has 0 aliphatic heterocycles. The van der Waals surface area contributed by atoms with Crippen LogP contribution < -0.4 is 4.18 Å². The molecule has 0 radical (unpaired) electrons. The highest BCUT2D eigenvalue weighted by Crippen LogP contribution is 2.38. The van der Waals surface area contributed by atoms with Gasteiger partial charge in [0.15, 0.2) is 0 Å². The summed E-state index contributed by atoms with van der Waals surface area (Å²) in [4.78, 5) is 0.374. The zero-order valence-corrected chi connectivity index (χ0v) is 16.9. The third kappa shape index (κ3) is 6.42. The molecule has 3 aromatic rings. The van der Waals surface area contributed by atoms with Crippen LogP contribution in [0.4, 0.5) is 26.3 Å². The minimum Gasteiger partial charge on any atom is -0.379 e. The molecule has 0 fully saturated rings. The Morgan fingerprint density at radius 2 is 1.16 bits per heavy atom. The predicted molar refractivity (Wildman–Crippen MR) is 108 cm³/mol. The van der Waals surface area contributed by atoms with Gasteiger partial charge in [0.2, 0.25) is 0 Å². The lowest BCUT2D eigenvalue weighted by molar-refractivity contribution is -0.143. The maximum Gasteiger partial charge on any atom is 0.416 e. The molecule has 0 spiro atoms. The Morgan fingerprint density at radius 3 is 1.62 bits per heavy atom. The van der Waals surface area contributed by atoms with E-state index in [1.807, 2.05) is 30.3 Å². The minimum absolute atomic E-state index is 0. The van der Waals surface area contributed by atoms with Crippen LogP contribution in [0.2, 0.25) is 0 Å². The summed E-state index contributed by atoms with van der Waals surface area (Å²) in [5, 5.41) is 0. The molecule has 0 amide bonds. The van der Waals surface area contributed by atoms with Gasteiger partial charge in [-0.05, 0) is 54.6 Å². The van der Waals surface area contributed by atoms with Crippen molar-refractivity contribution in [2.45, 2.75) is 34.5 Å². The van der Waals surface area contributed by atoms with E-state index in [9.17, 15) is 34.8 Å². The standard InChI is InChI=1S/C20H12F6O3S2.CH4/c21-19(22,23)13-10-14(20(24,25)26)12-18(11-13)31(27,28)29-15-6-8-17(9-7-15)30-16-4-2-1-3-5-16;/h1-12H;1H4. The Morgan fingerprint density at radius 1 is 0.688 bits per heavy atom. The van der Waals surface area contributed by atoms with Gasteiger partial charge in [0.1, 0.15) is 10.6 Å². The van der Waals surface area contributed by atoms with Gasteiger partial charge in [0.25, 0.3) is 0 Å². The van der Waals surface area contributed by atoms with Crippen molar-refractivity contribution in [3.8, 4) is 5.75 Å². The van der Waals surface area contributed by atoms with Crippen molar-refractivity contribution >= 4 is 21.9 Å². The molecular weight excluding hydrogens is 478 g/mol. The molecule has 0 saturated heterocycles. The molecule has 3 aromatic carbocycles. The smallest absolute Gasteiger partial charge is 0.379 e. The summed E-state index contributed by atoms with van der Waals surface area (Å²) in [7, 11) is -4.96. The van der Waals surface area contributed by atoms with E-state index >= 15 is 0 Å². The Kier molecular flexibility index (Phi) is 7.56.